The van der Waals surface area contributed by atoms with Gasteiger partial charge in [-0.05, 0) is 22.6 Å². The van der Waals surface area contributed by atoms with Gasteiger partial charge in [0.05, 0.1) is 10.2 Å². The van der Waals surface area contributed by atoms with Crippen LogP contribution in [0.15, 0.2) is 17.2 Å². The van der Waals surface area contributed by atoms with Gasteiger partial charge in [-0.1, -0.05) is 0 Å². The van der Waals surface area contributed by atoms with E-state index in [2.05, 4.69) is 0 Å². The molecule has 1 aromatic rings. The average Bonchev–Trinajstić information content (AvgIpc) is 2.19. The van der Waals surface area contributed by atoms with E-state index in [1.54, 1.807) is 24.1 Å². The summed E-state index contributed by atoms with van der Waals surface area (Å²) in [6, 6.07) is 1.87. The Labute approximate surface area is 95.3 Å². The average molecular weight is 304 g/mol. The summed E-state index contributed by atoms with van der Waals surface area (Å²) in [7, 11) is 1.61. The van der Waals surface area contributed by atoms with Crippen LogP contribution in [-0.2, 0) is 11.3 Å². The number of hydrogen-bond donors (Lipinski definition) is 0. The number of rotatable bonds is 3. The predicted octanol–water partition coefficient (Wildman–Crippen LogP) is 0.971. The molecule has 0 aliphatic rings. The van der Waals surface area contributed by atoms with Crippen molar-refractivity contribution in [1.29, 1.82) is 5.26 Å². The van der Waals surface area contributed by atoms with Gasteiger partial charge in [0, 0.05) is 26.0 Å². The minimum absolute atomic E-state index is 0.174. The molecule has 0 amide bonds. The van der Waals surface area contributed by atoms with E-state index in [0.717, 1.165) is 0 Å². The highest BCUT2D eigenvalue weighted by Gasteiger charge is 2.04. The van der Waals surface area contributed by atoms with E-state index < -0.39 is 0 Å². The normalized spacial score (nSPS) is 9.79. The first-order valence-electron chi connectivity index (χ1n) is 3.97. The van der Waals surface area contributed by atoms with Gasteiger partial charge in [-0.2, -0.15) is 5.26 Å². The van der Waals surface area contributed by atoms with Crippen LogP contribution in [0.2, 0.25) is 0 Å². The van der Waals surface area contributed by atoms with Crippen LogP contribution in [-0.4, -0.2) is 18.3 Å². The van der Waals surface area contributed by atoms with Gasteiger partial charge in [0.2, 0.25) is 5.43 Å². The van der Waals surface area contributed by atoms with Crippen molar-refractivity contribution in [2.24, 2.45) is 0 Å². The number of halogens is 1. The third kappa shape index (κ3) is 2.56. The van der Waals surface area contributed by atoms with E-state index in [9.17, 15) is 4.79 Å². The van der Waals surface area contributed by atoms with Crippen LogP contribution in [0, 0.1) is 14.9 Å². The van der Waals surface area contributed by atoms with Crippen molar-refractivity contribution in [3.63, 3.8) is 0 Å². The molecule has 1 heterocycles. The molecule has 0 aliphatic carbocycles. The molecule has 0 aliphatic heterocycles. The summed E-state index contributed by atoms with van der Waals surface area (Å²) < 4.78 is 7.24. The molecule has 14 heavy (non-hydrogen) atoms. The molecule has 0 N–H and O–H groups in total. The number of ether oxygens (including phenoxy) is 1. The second-order valence-electron chi connectivity index (χ2n) is 2.69. The molecule has 0 fully saturated rings. The molecule has 1 aromatic heterocycles. The summed E-state index contributed by atoms with van der Waals surface area (Å²) in [5, 5.41) is 8.69. The third-order valence-corrected chi connectivity index (χ3v) is 2.48. The van der Waals surface area contributed by atoms with Crippen molar-refractivity contribution < 1.29 is 4.74 Å². The van der Waals surface area contributed by atoms with E-state index in [0.29, 0.717) is 16.7 Å². The number of hydrogen-bond acceptors (Lipinski definition) is 3. The van der Waals surface area contributed by atoms with Crippen molar-refractivity contribution in [3.05, 3.63) is 31.8 Å². The van der Waals surface area contributed by atoms with Crippen molar-refractivity contribution in [2.75, 3.05) is 13.7 Å². The molecular formula is C9H9IN2O2. The maximum Gasteiger partial charge on any atom is 0.212 e. The predicted molar refractivity (Wildman–Crippen MR) is 60.0 cm³/mol. The van der Waals surface area contributed by atoms with E-state index in [1.165, 1.54) is 0 Å². The Morgan fingerprint density at radius 2 is 2.36 bits per heavy atom. The van der Waals surface area contributed by atoms with Crippen LogP contribution < -0.4 is 5.43 Å². The Kier molecular flexibility index (Phi) is 4.10. The Morgan fingerprint density at radius 3 is 2.93 bits per heavy atom. The summed E-state index contributed by atoms with van der Waals surface area (Å²) in [6.07, 6.45) is 3.26. The lowest BCUT2D eigenvalue weighted by Crippen LogP contribution is -2.15. The monoisotopic (exact) mass is 304 g/mol. The molecule has 0 aromatic carbocycles. The first-order chi connectivity index (χ1) is 6.69. The van der Waals surface area contributed by atoms with Gasteiger partial charge < -0.3 is 9.30 Å². The van der Waals surface area contributed by atoms with E-state index >= 15 is 0 Å². The number of methoxy groups -OCH3 is 1. The fourth-order valence-electron chi connectivity index (χ4n) is 1.00. The van der Waals surface area contributed by atoms with Crippen LogP contribution in [0.5, 0.6) is 0 Å². The van der Waals surface area contributed by atoms with Crippen LogP contribution in [0.3, 0.4) is 0 Å². The van der Waals surface area contributed by atoms with Gasteiger partial charge in [-0.3, -0.25) is 4.79 Å². The first kappa shape index (κ1) is 11.2. The molecule has 4 nitrogen and oxygen atoms in total. The highest BCUT2D eigenvalue weighted by Crippen LogP contribution is 2.00. The van der Waals surface area contributed by atoms with E-state index in [4.69, 9.17) is 10.00 Å². The lowest BCUT2D eigenvalue weighted by Gasteiger charge is -2.06. The van der Waals surface area contributed by atoms with Gasteiger partial charge in [0.15, 0.2) is 0 Å². The zero-order valence-corrected chi connectivity index (χ0v) is 9.82. The second kappa shape index (κ2) is 5.12. The highest BCUT2D eigenvalue weighted by atomic mass is 127. The molecule has 0 radical (unpaired) electrons. The molecule has 0 bridgehead atoms. The summed E-state index contributed by atoms with van der Waals surface area (Å²) in [5.74, 6) is 0. The SMILES string of the molecule is COCCn1cc(I)c(=O)c(C#N)c1. The van der Waals surface area contributed by atoms with Crippen LogP contribution in [0.1, 0.15) is 5.56 Å². The topological polar surface area (TPSA) is 55.0 Å². The fraction of sp³-hybridized carbons (Fsp3) is 0.333. The van der Waals surface area contributed by atoms with Crippen molar-refractivity contribution in [2.45, 2.75) is 6.54 Å². The standard InChI is InChI=1S/C9H9IN2O2/c1-14-3-2-12-5-7(4-11)9(13)8(10)6-12/h5-6H,2-3H2,1H3. The molecule has 1 rings (SSSR count). The van der Waals surface area contributed by atoms with E-state index in [1.807, 2.05) is 28.7 Å². The minimum Gasteiger partial charge on any atom is -0.383 e. The smallest absolute Gasteiger partial charge is 0.212 e. The van der Waals surface area contributed by atoms with Gasteiger partial charge in [-0.15, -0.1) is 0 Å². The summed E-state index contributed by atoms with van der Waals surface area (Å²) in [5.41, 5.74) is -0.0326. The Morgan fingerprint density at radius 1 is 1.64 bits per heavy atom. The molecule has 0 atom stereocenters. The largest absolute Gasteiger partial charge is 0.383 e. The second-order valence-corrected chi connectivity index (χ2v) is 3.85. The summed E-state index contributed by atoms with van der Waals surface area (Å²) >= 11 is 1.93. The highest BCUT2D eigenvalue weighted by molar-refractivity contribution is 14.1. The van der Waals surface area contributed by atoms with Crippen LogP contribution in [0.4, 0.5) is 0 Å². The van der Waals surface area contributed by atoms with Crippen molar-refractivity contribution in [3.8, 4) is 6.07 Å². The van der Waals surface area contributed by atoms with Gasteiger partial charge in [0.1, 0.15) is 11.6 Å². The van der Waals surface area contributed by atoms with Crippen molar-refractivity contribution >= 4 is 22.6 Å². The molecule has 0 saturated heterocycles. The van der Waals surface area contributed by atoms with Gasteiger partial charge in [-0.25, -0.2) is 0 Å². The lowest BCUT2D eigenvalue weighted by atomic mass is 10.3. The van der Waals surface area contributed by atoms with Crippen molar-refractivity contribution in [1.82, 2.24) is 4.57 Å². The number of nitriles is 1. The number of aromatic nitrogens is 1. The zero-order chi connectivity index (χ0) is 10.6. The molecule has 0 spiro atoms. The lowest BCUT2D eigenvalue weighted by molar-refractivity contribution is 0.187. The maximum atomic E-state index is 11.4. The number of nitrogens with zero attached hydrogens (tertiary/aromatic N) is 2. The maximum absolute atomic E-state index is 11.4. The molecule has 5 heteroatoms. The van der Waals surface area contributed by atoms with E-state index in [-0.39, 0.29) is 11.0 Å². The number of pyridine rings is 1. The zero-order valence-electron chi connectivity index (χ0n) is 7.66. The Hall–Kier alpha value is -0.870. The van der Waals surface area contributed by atoms with Gasteiger partial charge in [0.25, 0.3) is 0 Å². The van der Waals surface area contributed by atoms with Crippen LogP contribution >= 0.6 is 22.6 Å². The fourth-order valence-corrected chi connectivity index (χ4v) is 1.65. The van der Waals surface area contributed by atoms with Gasteiger partial charge >= 0.3 is 0 Å². The first-order valence-corrected chi connectivity index (χ1v) is 5.05. The molecule has 74 valence electrons. The Bertz CT molecular complexity index is 420. The third-order valence-electron chi connectivity index (χ3n) is 1.71. The quantitative estimate of drug-likeness (QED) is 0.782. The Balaban J connectivity index is 3.05. The minimum atomic E-state index is -0.207. The van der Waals surface area contributed by atoms with Crippen LogP contribution in [0.25, 0.3) is 0 Å². The molecular weight excluding hydrogens is 295 g/mol. The molecule has 0 saturated carbocycles. The molecule has 0 unspecified atom stereocenters. The summed E-state index contributed by atoms with van der Waals surface area (Å²) in [4.78, 5) is 11.4. The summed E-state index contributed by atoms with van der Waals surface area (Å²) in [6.45, 7) is 1.20.